The molecule has 0 aliphatic rings. The second-order valence-corrected chi connectivity index (χ2v) is 3.05. The predicted octanol–water partition coefficient (Wildman–Crippen LogP) is 1.87. The summed E-state index contributed by atoms with van der Waals surface area (Å²) in [5, 5.41) is 2.44. The molecule has 0 saturated heterocycles. The van der Waals surface area contributed by atoms with Gasteiger partial charge in [0, 0.05) is 24.2 Å². The van der Waals surface area contributed by atoms with Crippen molar-refractivity contribution in [2.75, 3.05) is 5.32 Å². The van der Waals surface area contributed by atoms with Crippen LogP contribution < -0.4 is 5.32 Å². The van der Waals surface area contributed by atoms with Gasteiger partial charge >= 0.3 is 0 Å². The van der Waals surface area contributed by atoms with Crippen LogP contribution in [0.25, 0.3) is 0 Å². The SMILES string of the molecule is O=C(Nc1ccncc1F)c1ccncc1. The van der Waals surface area contributed by atoms with E-state index < -0.39 is 5.82 Å². The van der Waals surface area contributed by atoms with E-state index in [-0.39, 0.29) is 11.6 Å². The molecule has 0 bridgehead atoms. The third-order valence-corrected chi connectivity index (χ3v) is 1.96. The predicted molar refractivity (Wildman–Crippen MR) is 56.4 cm³/mol. The summed E-state index contributed by atoms with van der Waals surface area (Å²) < 4.78 is 13.2. The maximum absolute atomic E-state index is 13.2. The van der Waals surface area contributed by atoms with Crippen molar-refractivity contribution < 1.29 is 9.18 Å². The van der Waals surface area contributed by atoms with Gasteiger partial charge in [-0.05, 0) is 18.2 Å². The minimum absolute atomic E-state index is 0.108. The van der Waals surface area contributed by atoms with Crippen LogP contribution in [-0.2, 0) is 0 Å². The molecule has 0 spiro atoms. The van der Waals surface area contributed by atoms with Crippen molar-refractivity contribution in [3.63, 3.8) is 0 Å². The summed E-state index contributed by atoms with van der Waals surface area (Å²) in [6, 6.07) is 4.50. The van der Waals surface area contributed by atoms with Crippen molar-refractivity contribution in [3.05, 3.63) is 54.4 Å². The lowest BCUT2D eigenvalue weighted by molar-refractivity contribution is 0.102. The molecule has 0 unspecified atom stereocenters. The van der Waals surface area contributed by atoms with Crippen LogP contribution in [0.15, 0.2) is 43.0 Å². The van der Waals surface area contributed by atoms with Crippen molar-refractivity contribution >= 4 is 11.6 Å². The van der Waals surface area contributed by atoms with Gasteiger partial charge in [-0.3, -0.25) is 14.8 Å². The highest BCUT2D eigenvalue weighted by molar-refractivity contribution is 6.04. The molecule has 16 heavy (non-hydrogen) atoms. The highest BCUT2D eigenvalue weighted by atomic mass is 19.1. The lowest BCUT2D eigenvalue weighted by atomic mass is 10.2. The van der Waals surface area contributed by atoms with E-state index in [2.05, 4.69) is 15.3 Å². The molecule has 5 heteroatoms. The molecule has 2 aromatic rings. The van der Waals surface area contributed by atoms with Crippen LogP contribution in [0, 0.1) is 5.82 Å². The number of halogens is 1. The molecule has 2 heterocycles. The maximum atomic E-state index is 13.2. The summed E-state index contributed by atoms with van der Waals surface area (Å²) in [6.07, 6.45) is 5.45. The van der Waals surface area contributed by atoms with Crippen LogP contribution in [0.5, 0.6) is 0 Å². The zero-order valence-corrected chi connectivity index (χ0v) is 8.22. The zero-order valence-electron chi connectivity index (χ0n) is 8.22. The Hall–Kier alpha value is -2.30. The lowest BCUT2D eigenvalue weighted by Crippen LogP contribution is -2.12. The molecule has 2 rings (SSSR count). The van der Waals surface area contributed by atoms with Gasteiger partial charge in [0.1, 0.15) is 0 Å². The van der Waals surface area contributed by atoms with E-state index in [1.54, 1.807) is 12.1 Å². The number of amides is 1. The van der Waals surface area contributed by atoms with Crippen molar-refractivity contribution in [2.45, 2.75) is 0 Å². The third-order valence-electron chi connectivity index (χ3n) is 1.96. The summed E-state index contributed by atoms with van der Waals surface area (Å²) in [6.45, 7) is 0. The molecule has 80 valence electrons. The Balaban J connectivity index is 2.18. The number of carbonyl (C=O) groups is 1. The number of carbonyl (C=O) groups excluding carboxylic acids is 1. The number of rotatable bonds is 2. The summed E-state index contributed by atoms with van der Waals surface area (Å²) in [5.74, 6) is -0.947. The second-order valence-electron chi connectivity index (χ2n) is 3.05. The normalized spacial score (nSPS) is 9.81. The molecular formula is C11H8FN3O. The molecule has 0 saturated carbocycles. The first-order valence-electron chi connectivity index (χ1n) is 4.58. The van der Waals surface area contributed by atoms with E-state index in [0.29, 0.717) is 5.56 Å². The first-order chi connectivity index (χ1) is 7.77. The standard InChI is InChI=1S/C11H8FN3O/c12-9-7-14-6-3-10(9)15-11(16)8-1-4-13-5-2-8/h1-7H,(H,14,15,16). The molecule has 2 aromatic heterocycles. The van der Waals surface area contributed by atoms with E-state index in [9.17, 15) is 9.18 Å². The number of nitrogens with one attached hydrogen (secondary N) is 1. The van der Waals surface area contributed by atoms with Gasteiger partial charge < -0.3 is 5.32 Å². The molecule has 4 nitrogen and oxygen atoms in total. The topological polar surface area (TPSA) is 54.9 Å². The Labute approximate surface area is 91.2 Å². The van der Waals surface area contributed by atoms with Gasteiger partial charge in [-0.1, -0.05) is 0 Å². The van der Waals surface area contributed by atoms with Gasteiger partial charge in [0.2, 0.25) is 0 Å². The van der Waals surface area contributed by atoms with Crippen LogP contribution in [0.1, 0.15) is 10.4 Å². The van der Waals surface area contributed by atoms with Crippen molar-refractivity contribution in [2.24, 2.45) is 0 Å². The number of anilines is 1. The first-order valence-corrected chi connectivity index (χ1v) is 4.58. The highest BCUT2D eigenvalue weighted by Crippen LogP contribution is 2.12. The first kappa shape index (κ1) is 10.2. The number of hydrogen-bond donors (Lipinski definition) is 1. The van der Waals surface area contributed by atoms with Crippen LogP contribution in [0.3, 0.4) is 0 Å². The van der Waals surface area contributed by atoms with E-state index >= 15 is 0 Å². The zero-order chi connectivity index (χ0) is 11.4. The summed E-state index contributed by atoms with van der Waals surface area (Å²) in [7, 11) is 0. The van der Waals surface area contributed by atoms with E-state index in [1.807, 2.05) is 0 Å². The molecular weight excluding hydrogens is 209 g/mol. The van der Waals surface area contributed by atoms with Crippen molar-refractivity contribution in [1.82, 2.24) is 9.97 Å². The van der Waals surface area contributed by atoms with Gasteiger partial charge in [0.05, 0.1) is 11.9 Å². The molecule has 0 aliphatic heterocycles. The fourth-order valence-corrected chi connectivity index (χ4v) is 1.17. The summed E-state index contributed by atoms with van der Waals surface area (Å²) >= 11 is 0. The molecule has 0 fully saturated rings. The number of pyridine rings is 2. The largest absolute Gasteiger partial charge is 0.319 e. The van der Waals surface area contributed by atoms with Crippen LogP contribution in [-0.4, -0.2) is 15.9 Å². The molecule has 1 N–H and O–H groups in total. The van der Waals surface area contributed by atoms with Crippen LogP contribution >= 0.6 is 0 Å². The fraction of sp³-hybridized carbons (Fsp3) is 0. The van der Waals surface area contributed by atoms with Crippen molar-refractivity contribution in [3.8, 4) is 0 Å². The quantitative estimate of drug-likeness (QED) is 0.835. The van der Waals surface area contributed by atoms with Crippen LogP contribution in [0.2, 0.25) is 0 Å². The molecule has 0 aromatic carbocycles. The van der Waals surface area contributed by atoms with Gasteiger partial charge in [-0.25, -0.2) is 4.39 Å². The average molecular weight is 217 g/mol. The number of nitrogens with zero attached hydrogens (tertiary/aromatic N) is 2. The average Bonchev–Trinajstić information content (AvgIpc) is 2.33. The third kappa shape index (κ3) is 2.20. The lowest BCUT2D eigenvalue weighted by Gasteiger charge is -2.04. The molecule has 0 radical (unpaired) electrons. The smallest absolute Gasteiger partial charge is 0.255 e. The highest BCUT2D eigenvalue weighted by Gasteiger charge is 2.08. The Morgan fingerprint density at radius 3 is 2.50 bits per heavy atom. The Bertz CT molecular complexity index is 502. The maximum Gasteiger partial charge on any atom is 0.255 e. The summed E-state index contributed by atoms with van der Waals surface area (Å²) in [5.41, 5.74) is 0.531. The monoisotopic (exact) mass is 217 g/mol. The Kier molecular flexibility index (Phi) is 2.86. The van der Waals surface area contributed by atoms with Gasteiger partial charge in [-0.15, -0.1) is 0 Å². The van der Waals surface area contributed by atoms with Crippen LogP contribution in [0.4, 0.5) is 10.1 Å². The molecule has 0 aliphatic carbocycles. The van der Waals surface area contributed by atoms with Crippen molar-refractivity contribution in [1.29, 1.82) is 0 Å². The number of aromatic nitrogens is 2. The minimum atomic E-state index is -0.565. The minimum Gasteiger partial charge on any atom is -0.319 e. The van der Waals surface area contributed by atoms with E-state index in [0.717, 1.165) is 6.20 Å². The Morgan fingerprint density at radius 1 is 1.12 bits per heavy atom. The molecule has 1 amide bonds. The second kappa shape index (κ2) is 4.48. The number of hydrogen-bond acceptors (Lipinski definition) is 3. The van der Waals surface area contributed by atoms with E-state index in [4.69, 9.17) is 0 Å². The molecule has 0 atom stereocenters. The van der Waals surface area contributed by atoms with Gasteiger partial charge in [0.25, 0.3) is 5.91 Å². The van der Waals surface area contributed by atoms with E-state index in [1.165, 1.54) is 24.7 Å². The van der Waals surface area contributed by atoms with Gasteiger partial charge in [-0.2, -0.15) is 0 Å². The van der Waals surface area contributed by atoms with Gasteiger partial charge in [0.15, 0.2) is 5.82 Å². The Morgan fingerprint density at radius 2 is 1.81 bits per heavy atom. The fourth-order valence-electron chi connectivity index (χ4n) is 1.17. The summed E-state index contributed by atoms with van der Waals surface area (Å²) in [4.78, 5) is 19.0.